The summed E-state index contributed by atoms with van der Waals surface area (Å²) in [6, 6.07) is 0. The molecule has 1 atom stereocenters. The summed E-state index contributed by atoms with van der Waals surface area (Å²) in [4.78, 5) is 38.0. The molecule has 0 bridgehead atoms. The van der Waals surface area contributed by atoms with Crippen LogP contribution in [0.3, 0.4) is 0 Å². The zero-order valence-electron chi connectivity index (χ0n) is 41.2. The third-order valence-corrected chi connectivity index (χ3v) is 12.3. The van der Waals surface area contributed by atoms with Crippen LogP contribution in [-0.2, 0) is 28.6 Å². The Labute approximate surface area is 380 Å². The Morgan fingerprint density at radius 2 is 0.541 bits per heavy atom. The first-order chi connectivity index (χ1) is 30.0. The van der Waals surface area contributed by atoms with E-state index >= 15 is 0 Å². The SMILES string of the molecule is CCCCC/C=C\CCCCCCCC(=O)OCC(COC(=O)CCCCCCCCCCCCCCCCCC)OC(=O)CCCCCCCCCCCCCCCCC. The summed E-state index contributed by atoms with van der Waals surface area (Å²) in [5.74, 6) is -0.856. The molecule has 0 aliphatic heterocycles. The first kappa shape index (κ1) is 59.1. The van der Waals surface area contributed by atoms with E-state index in [1.165, 1.54) is 199 Å². The second-order valence-electron chi connectivity index (χ2n) is 18.5. The summed E-state index contributed by atoms with van der Waals surface area (Å²) in [6.07, 6.45) is 56.2. The molecule has 6 heteroatoms. The first-order valence-electron chi connectivity index (χ1n) is 27.2. The van der Waals surface area contributed by atoms with E-state index in [1.807, 2.05) is 0 Å². The minimum absolute atomic E-state index is 0.0668. The van der Waals surface area contributed by atoms with Crippen LogP contribution in [-0.4, -0.2) is 37.2 Å². The second-order valence-corrected chi connectivity index (χ2v) is 18.5. The fourth-order valence-corrected chi connectivity index (χ4v) is 8.14. The summed E-state index contributed by atoms with van der Waals surface area (Å²) < 4.78 is 16.8. The van der Waals surface area contributed by atoms with Gasteiger partial charge in [-0.05, 0) is 44.9 Å². The molecule has 0 aliphatic rings. The Hall–Kier alpha value is -1.85. The third-order valence-electron chi connectivity index (χ3n) is 12.3. The molecular weight excluding hydrogens is 757 g/mol. The molecule has 0 aromatic heterocycles. The van der Waals surface area contributed by atoms with E-state index in [-0.39, 0.29) is 31.1 Å². The van der Waals surface area contributed by atoms with Crippen molar-refractivity contribution < 1.29 is 28.6 Å². The average Bonchev–Trinajstić information content (AvgIpc) is 3.26. The number of rotatable bonds is 50. The van der Waals surface area contributed by atoms with Gasteiger partial charge >= 0.3 is 17.9 Å². The van der Waals surface area contributed by atoms with Crippen LogP contribution in [0.4, 0.5) is 0 Å². The van der Waals surface area contributed by atoms with Crippen LogP contribution >= 0.6 is 0 Å². The lowest BCUT2D eigenvalue weighted by atomic mass is 10.0. The summed E-state index contributed by atoms with van der Waals surface area (Å²) in [5, 5.41) is 0. The van der Waals surface area contributed by atoms with E-state index in [4.69, 9.17) is 14.2 Å². The molecule has 1 unspecified atom stereocenters. The zero-order chi connectivity index (χ0) is 44.4. The molecule has 0 aromatic carbocycles. The van der Waals surface area contributed by atoms with Crippen LogP contribution in [0, 0.1) is 0 Å². The minimum Gasteiger partial charge on any atom is -0.462 e. The van der Waals surface area contributed by atoms with E-state index < -0.39 is 6.10 Å². The summed E-state index contributed by atoms with van der Waals surface area (Å²) >= 11 is 0. The molecule has 0 saturated heterocycles. The average molecular weight is 861 g/mol. The van der Waals surface area contributed by atoms with Gasteiger partial charge in [0.1, 0.15) is 13.2 Å². The van der Waals surface area contributed by atoms with Gasteiger partial charge in [0.05, 0.1) is 0 Å². The van der Waals surface area contributed by atoms with Gasteiger partial charge in [0, 0.05) is 19.3 Å². The van der Waals surface area contributed by atoms with Crippen molar-refractivity contribution in [3.8, 4) is 0 Å². The Morgan fingerprint density at radius 3 is 0.852 bits per heavy atom. The molecule has 0 aliphatic carbocycles. The highest BCUT2D eigenvalue weighted by Crippen LogP contribution is 2.17. The highest BCUT2D eigenvalue weighted by Gasteiger charge is 2.19. The van der Waals surface area contributed by atoms with Crippen molar-refractivity contribution in [3.05, 3.63) is 12.2 Å². The molecule has 0 fully saturated rings. The quantitative estimate of drug-likeness (QED) is 0.0262. The Kier molecular flexibility index (Phi) is 49.3. The Morgan fingerprint density at radius 1 is 0.311 bits per heavy atom. The standard InChI is InChI=1S/C55H104O6/c1-4-7-10-13-16-19-22-25-27-29-30-33-36-39-42-45-48-54(57)60-51-52(50-59-53(56)47-44-41-38-35-32-24-21-18-15-12-9-6-3)61-55(58)49-46-43-40-37-34-31-28-26-23-20-17-14-11-8-5-2/h18,21,52H,4-17,19-20,22-51H2,1-3H3/b21-18-. The van der Waals surface area contributed by atoms with Crippen LogP contribution < -0.4 is 0 Å². The number of unbranched alkanes of at least 4 members (excludes halogenated alkanes) is 37. The zero-order valence-corrected chi connectivity index (χ0v) is 41.2. The van der Waals surface area contributed by atoms with Crippen LogP contribution in [0.5, 0.6) is 0 Å². The van der Waals surface area contributed by atoms with Crippen molar-refractivity contribution in [1.29, 1.82) is 0 Å². The number of hydrogen-bond donors (Lipinski definition) is 0. The van der Waals surface area contributed by atoms with Gasteiger partial charge in [-0.1, -0.05) is 251 Å². The van der Waals surface area contributed by atoms with Crippen molar-refractivity contribution in [3.63, 3.8) is 0 Å². The van der Waals surface area contributed by atoms with Crippen LogP contribution in [0.15, 0.2) is 12.2 Å². The maximum atomic E-state index is 12.8. The summed E-state index contributed by atoms with van der Waals surface area (Å²) in [6.45, 7) is 6.65. The maximum absolute atomic E-state index is 12.8. The molecule has 61 heavy (non-hydrogen) atoms. The number of hydrogen-bond acceptors (Lipinski definition) is 6. The normalized spacial score (nSPS) is 12.0. The molecule has 0 spiro atoms. The van der Waals surface area contributed by atoms with Gasteiger partial charge < -0.3 is 14.2 Å². The van der Waals surface area contributed by atoms with E-state index in [9.17, 15) is 14.4 Å². The fraction of sp³-hybridized carbons (Fsp3) is 0.909. The molecular formula is C55H104O6. The predicted molar refractivity (Wildman–Crippen MR) is 261 cm³/mol. The number of ether oxygens (including phenoxy) is 3. The van der Waals surface area contributed by atoms with Crippen molar-refractivity contribution in [2.45, 2.75) is 309 Å². The molecule has 0 saturated carbocycles. The molecule has 0 heterocycles. The molecule has 0 amide bonds. The van der Waals surface area contributed by atoms with Crippen molar-refractivity contribution >= 4 is 17.9 Å². The third kappa shape index (κ3) is 49.0. The van der Waals surface area contributed by atoms with E-state index in [2.05, 4.69) is 32.9 Å². The topological polar surface area (TPSA) is 78.9 Å². The van der Waals surface area contributed by atoms with Crippen LogP contribution in [0.2, 0.25) is 0 Å². The highest BCUT2D eigenvalue weighted by molar-refractivity contribution is 5.71. The van der Waals surface area contributed by atoms with Gasteiger partial charge in [-0.15, -0.1) is 0 Å². The molecule has 0 aromatic rings. The highest BCUT2D eigenvalue weighted by atomic mass is 16.6. The number of esters is 3. The van der Waals surface area contributed by atoms with Gasteiger partial charge in [-0.25, -0.2) is 0 Å². The molecule has 0 N–H and O–H groups in total. The Balaban J connectivity index is 4.31. The van der Waals surface area contributed by atoms with Crippen molar-refractivity contribution in [1.82, 2.24) is 0 Å². The van der Waals surface area contributed by atoms with Gasteiger partial charge in [-0.2, -0.15) is 0 Å². The first-order valence-corrected chi connectivity index (χ1v) is 27.2. The lowest BCUT2D eigenvalue weighted by Gasteiger charge is -2.18. The smallest absolute Gasteiger partial charge is 0.306 e. The summed E-state index contributed by atoms with van der Waals surface area (Å²) in [5.41, 5.74) is 0. The molecule has 6 nitrogen and oxygen atoms in total. The number of carbonyl (C=O) groups excluding carboxylic acids is 3. The molecule has 0 radical (unpaired) electrons. The maximum Gasteiger partial charge on any atom is 0.306 e. The van der Waals surface area contributed by atoms with Crippen LogP contribution in [0.25, 0.3) is 0 Å². The molecule has 0 rings (SSSR count). The van der Waals surface area contributed by atoms with Crippen molar-refractivity contribution in [2.75, 3.05) is 13.2 Å². The lowest BCUT2D eigenvalue weighted by molar-refractivity contribution is -0.167. The summed E-state index contributed by atoms with van der Waals surface area (Å²) in [7, 11) is 0. The van der Waals surface area contributed by atoms with E-state index in [0.29, 0.717) is 19.3 Å². The van der Waals surface area contributed by atoms with E-state index in [0.717, 1.165) is 64.2 Å². The largest absolute Gasteiger partial charge is 0.462 e. The van der Waals surface area contributed by atoms with E-state index in [1.54, 1.807) is 0 Å². The second kappa shape index (κ2) is 50.8. The predicted octanol–water partition coefficient (Wildman–Crippen LogP) is 17.8. The lowest BCUT2D eigenvalue weighted by Crippen LogP contribution is -2.30. The van der Waals surface area contributed by atoms with Gasteiger partial charge in [-0.3, -0.25) is 14.4 Å². The van der Waals surface area contributed by atoms with Gasteiger partial charge in [0.2, 0.25) is 0 Å². The number of allylic oxidation sites excluding steroid dienone is 2. The van der Waals surface area contributed by atoms with Gasteiger partial charge in [0.15, 0.2) is 6.10 Å². The van der Waals surface area contributed by atoms with Crippen molar-refractivity contribution in [2.24, 2.45) is 0 Å². The fourth-order valence-electron chi connectivity index (χ4n) is 8.14. The monoisotopic (exact) mass is 861 g/mol. The number of carbonyl (C=O) groups is 3. The minimum atomic E-state index is -0.766. The van der Waals surface area contributed by atoms with Crippen LogP contribution in [0.1, 0.15) is 303 Å². The Bertz CT molecular complexity index is 947. The molecule has 360 valence electrons. The van der Waals surface area contributed by atoms with Gasteiger partial charge in [0.25, 0.3) is 0 Å².